The summed E-state index contributed by atoms with van der Waals surface area (Å²) in [6.45, 7) is 0.449. The number of amides is 1. The zero-order valence-electron chi connectivity index (χ0n) is 12.7. The highest BCUT2D eigenvalue weighted by Crippen LogP contribution is 2.45. The van der Waals surface area contributed by atoms with Crippen LogP contribution < -0.4 is 9.47 Å². The van der Waals surface area contributed by atoms with Crippen LogP contribution >= 0.6 is 27.7 Å². The van der Waals surface area contributed by atoms with Crippen molar-refractivity contribution in [2.24, 2.45) is 0 Å². The summed E-state index contributed by atoms with van der Waals surface area (Å²) in [4.78, 5) is 14.1. The maximum absolute atomic E-state index is 12.3. The van der Waals surface area contributed by atoms with Crippen molar-refractivity contribution in [3.8, 4) is 11.5 Å². The molecule has 1 aromatic heterocycles. The number of rotatable bonds is 5. The molecule has 122 valence electrons. The average Bonchev–Trinajstić information content (AvgIpc) is 3.19. The standard InChI is InChI=1S/C16H16BrNO4S/c1-20-13-6-11(12(17)7-14(13)21-2)16-18(15(19)9-23-16)8-10-4-3-5-22-10/h3-7,16H,8-9H2,1-2H3. The molecule has 1 aliphatic heterocycles. The van der Waals surface area contributed by atoms with Crippen LogP contribution in [0, 0.1) is 0 Å². The van der Waals surface area contributed by atoms with Crippen LogP contribution in [0.3, 0.4) is 0 Å². The Bertz CT molecular complexity index is 704. The Morgan fingerprint density at radius 3 is 2.74 bits per heavy atom. The highest BCUT2D eigenvalue weighted by atomic mass is 79.9. The number of thioether (sulfide) groups is 1. The number of ether oxygens (including phenoxy) is 2. The molecule has 3 rings (SSSR count). The van der Waals surface area contributed by atoms with Crippen LogP contribution in [0.4, 0.5) is 0 Å². The Morgan fingerprint density at radius 1 is 1.35 bits per heavy atom. The number of methoxy groups -OCH3 is 2. The normalized spacial score (nSPS) is 17.6. The molecule has 0 saturated carbocycles. The van der Waals surface area contributed by atoms with Gasteiger partial charge in [0.25, 0.3) is 0 Å². The topological polar surface area (TPSA) is 51.9 Å². The van der Waals surface area contributed by atoms with Crippen LogP contribution in [0.15, 0.2) is 39.4 Å². The third kappa shape index (κ3) is 3.21. The van der Waals surface area contributed by atoms with Gasteiger partial charge in [0.2, 0.25) is 5.91 Å². The van der Waals surface area contributed by atoms with E-state index in [1.807, 2.05) is 29.2 Å². The Morgan fingerprint density at radius 2 is 2.09 bits per heavy atom. The number of hydrogen-bond donors (Lipinski definition) is 0. The molecule has 5 nitrogen and oxygen atoms in total. The smallest absolute Gasteiger partial charge is 0.234 e. The van der Waals surface area contributed by atoms with Gasteiger partial charge in [0, 0.05) is 10.0 Å². The fourth-order valence-corrected chi connectivity index (χ4v) is 4.42. The summed E-state index contributed by atoms with van der Waals surface area (Å²) in [6.07, 6.45) is 1.62. The van der Waals surface area contributed by atoms with E-state index in [0.29, 0.717) is 23.8 Å². The van der Waals surface area contributed by atoms with Gasteiger partial charge in [0.1, 0.15) is 11.1 Å². The van der Waals surface area contributed by atoms with Crippen molar-refractivity contribution in [2.75, 3.05) is 20.0 Å². The lowest BCUT2D eigenvalue weighted by molar-refractivity contribution is -0.128. The Balaban J connectivity index is 1.94. The molecule has 1 saturated heterocycles. The van der Waals surface area contributed by atoms with Gasteiger partial charge in [0.15, 0.2) is 11.5 Å². The van der Waals surface area contributed by atoms with Gasteiger partial charge in [-0.05, 0) is 24.3 Å². The summed E-state index contributed by atoms with van der Waals surface area (Å²) in [5.41, 5.74) is 0.977. The van der Waals surface area contributed by atoms with E-state index in [0.717, 1.165) is 15.8 Å². The van der Waals surface area contributed by atoms with E-state index in [9.17, 15) is 4.79 Å². The Hall–Kier alpha value is -1.60. The number of halogens is 1. The molecule has 2 aromatic rings. The summed E-state index contributed by atoms with van der Waals surface area (Å²) < 4.78 is 17.0. The van der Waals surface area contributed by atoms with Crippen LogP contribution in [0.1, 0.15) is 16.7 Å². The second-order valence-corrected chi connectivity index (χ2v) is 6.92. The van der Waals surface area contributed by atoms with E-state index in [1.165, 1.54) is 0 Å². The third-order valence-corrected chi connectivity index (χ3v) is 5.57. The summed E-state index contributed by atoms with van der Waals surface area (Å²) in [6, 6.07) is 7.47. The molecule has 0 spiro atoms. The van der Waals surface area contributed by atoms with E-state index in [4.69, 9.17) is 13.9 Å². The molecule has 1 aromatic carbocycles. The van der Waals surface area contributed by atoms with Crippen molar-refractivity contribution in [1.29, 1.82) is 0 Å². The zero-order valence-corrected chi connectivity index (χ0v) is 15.1. The molecular weight excluding hydrogens is 382 g/mol. The number of carbonyl (C=O) groups is 1. The first-order chi connectivity index (χ1) is 11.1. The van der Waals surface area contributed by atoms with Crippen LogP contribution in [-0.2, 0) is 11.3 Å². The Kier molecular flexibility index (Phi) is 4.87. The summed E-state index contributed by atoms with van der Waals surface area (Å²) in [5, 5.41) is -0.0956. The number of hydrogen-bond acceptors (Lipinski definition) is 5. The van der Waals surface area contributed by atoms with Crippen molar-refractivity contribution in [3.05, 3.63) is 46.3 Å². The van der Waals surface area contributed by atoms with Gasteiger partial charge in [-0.25, -0.2) is 0 Å². The van der Waals surface area contributed by atoms with Crippen LogP contribution in [-0.4, -0.2) is 30.8 Å². The van der Waals surface area contributed by atoms with Crippen molar-refractivity contribution >= 4 is 33.6 Å². The van der Waals surface area contributed by atoms with Crippen molar-refractivity contribution in [2.45, 2.75) is 11.9 Å². The van der Waals surface area contributed by atoms with Gasteiger partial charge in [-0.2, -0.15) is 0 Å². The molecule has 7 heteroatoms. The average molecular weight is 398 g/mol. The molecule has 0 bridgehead atoms. The number of carbonyl (C=O) groups excluding carboxylic acids is 1. The molecule has 1 fully saturated rings. The molecule has 1 atom stereocenters. The molecule has 1 aliphatic rings. The van der Waals surface area contributed by atoms with E-state index < -0.39 is 0 Å². The molecular formula is C16H16BrNO4S. The number of benzene rings is 1. The molecule has 1 unspecified atom stereocenters. The SMILES string of the molecule is COc1cc(Br)c(C2SCC(=O)N2Cc2ccco2)cc1OC. The number of nitrogens with zero attached hydrogens (tertiary/aromatic N) is 1. The molecule has 0 aliphatic carbocycles. The largest absolute Gasteiger partial charge is 0.493 e. The molecule has 0 radical (unpaired) electrons. The van der Waals surface area contributed by atoms with E-state index >= 15 is 0 Å². The zero-order chi connectivity index (χ0) is 16.4. The lowest BCUT2D eigenvalue weighted by atomic mass is 10.1. The first-order valence-electron chi connectivity index (χ1n) is 6.99. The van der Waals surface area contributed by atoms with E-state index in [2.05, 4.69) is 15.9 Å². The van der Waals surface area contributed by atoms with Crippen molar-refractivity contribution < 1.29 is 18.7 Å². The minimum Gasteiger partial charge on any atom is -0.493 e. The summed E-state index contributed by atoms with van der Waals surface area (Å²) in [7, 11) is 3.20. The van der Waals surface area contributed by atoms with Gasteiger partial charge in [-0.1, -0.05) is 15.9 Å². The van der Waals surface area contributed by atoms with Crippen LogP contribution in [0.2, 0.25) is 0 Å². The van der Waals surface area contributed by atoms with E-state index in [-0.39, 0.29) is 11.3 Å². The number of furan rings is 1. The van der Waals surface area contributed by atoms with Gasteiger partial charge in [-0.15, -0.1) is 11.8 Å². The maximum Gasteiger partial charge on any atom is 0.234 e. The molecule has 23 heavy (non-hydrogen) atoms. The monoisotopic (exact) mass is 397 g/mol. The highest BCUT2D eigenvalue weighted by molar-refractivity contribution is 9.10. The predicted octanol–water partition coefficient (Wildman–Crippen LogP) is 3.83. The minimum atomic E-state index is -0.0956. The first-order valence-corrected chi connectivity index (χ1v) is 8.83. The van der Waals surface area contributed by atoms with Crippen LogP contribution in [0.25, 0.3) is 0 Å². The van der Waals surface area contributed by atoms with Crippen molar-refractivity contribution in [3.63, 3.8) is 0 Å². The van der Waals surface area contributed by atoms with Crippen molar-refractivity contribution in [1.82, 2.24) is 4.90 Å². The van der Waals surface area contributed by atoms with Gasteiger partial charge < -0.3 is 18.8 Å². The summed E-state index contributed by atoms with van der Waals surface area (Å²) in [5.74, 6) is 2.60. The van der Waals surface area contributed by atoms with Gasteiger partial charge in [-0.3, -0.25) is 4.79 Å². The van der Waals surface area contributed by atoms with Crippen LogP contribution in [0.5, 0.6) is 11.5 Å². The lowest BCUT2D eigenvalue weighted by Gasteiger charge is -2.25. The first kappa shape index (κ1) is 16.3. The molecule has 0 N–H and O–H groups in total. The van der Waals surface area contributed by atoms with E-state index in [1.54, 1.807) is 32.2 Å². The highest BCUT2D eigenvalue weighted by Gasteiger charge is 2.35. The minimum absolute atomic E-state index is 0.0954. The fraction of sp³-hybridized carbons (Fsp3) is 0.312. The quantitative estimate of drug-likeness (QED) is 0.766. The van der Waals surface area contributed by atoms with Gasteiger partial charge in [0.05, 0.1) is 32.8 Å². The second kappa shape index (κ2) is 6.88. The lowest BCUT2D eigenvalue weighted by Crippen LogP contribution is -2.27. The molecule has 2 heterocycles. The fourth-order valence-electron chi connectivity index (χ4n) is 2.51. The van der Waals surface area contributed by atoms with Gasteiger partial charge >= 0.3 is 0 Å². The third-order valence-electron chi connectivity index (χ3n) is 3.64. The summed E-state index contributed by atoms with van der Waals surface area (Å²) >= 11 is 5.17. The predicted molar refractivity (Wildman–Crippen MR) is 91.7 cm³/mol. The Labute approximate surface area is 147 Å². The molecule has 1 amide bonds. The second-order valence-electron chi connectivity index (χ2n) is 4.99. The maximum atomic E-state index is 12.3.